The van der Waals surface area contributed by atoms with Crippen molar-refractivity contribution in [2.24, 2.45) is 5.92 Å². The third-order valence-electron chi connectivity index (χ3n) is 9.45. The highest BCUT2D eigenvalue weighted by Gasteiger charge is 2.23. The van der Waals surface area contributed by atoms with Gasteiger partial charge in [-0.3, -0.25) is 14.9 Å². The van der Waals surface area contributed by atoms with E-state index in [0.717, 1.165) is 72.2 Å². The Bertz CT molecular complexity index is 1720. The van der Waals surface area contributed by atoms with Crippen molar-refractivity contribution in [3.05, 3.63) is 66.2 Å². The van der Waals surface area contributed by atoms with Gasteiger partial charge in [-0.15, -0.1) is 11.3 Å². The van der Waals surface area contributed by atoms with Gasteiger partial charge in [-0.25, -0.2) is 9.18 Å². The molecule has 13 heteroatoms. The van der Waals surface area contributed by atoms with Gasteiger partial charge in [-0.05, 0) is 87.4 Å². The summed E-state index contributed by atoms with van der Waals surface area (Å²) in [4.78, 5) is 24.9. The average Bonchev–Trinajstić information content (AvgIpc) is 3.85. The van der Waals surface area contributed by atoms with Crippen LogP contribution in [0.1, 0.15) is 56.9 Å². The number of carbonyl (C=O) groups excluding carboxylic acids is 1. The molecule has 2 aliphatic rings. The zero-order valence-electron chi connectivity index (χ0n) is 30.7. The van der Waals surface area contributed by atoms with Crippen molar-refractivity contribution in [1.82, 2.24) is 20.2 Å². The van der Waals surface area contributed by atoms with Crippen LogP contribution in [0.2, 0.25) is 0 Å². The van der Waals surface area contributed by atoms with Crippen molar-refractivity contribution >= 4 is 33.3 Å². The smallest absolute Gasteiger partial charge is 0.319 e. The number of rotatable bonds is 20. The predicted molar refractivity (Wildman–Crippen MR) is 205 cm³/mol. The summed E-state index contributed by atoms with van der Waals surface area (Å²) in [6, 6.07) is 12.3. The molecule has 6 rings (SSSR count). The number of carbonyl (C=O) groups is 1. The summed E-state index contributed by atoms with van der Waals surface area (Å²) in [6.07, 6.45) is 12.9. The van der Waals surface area contributed by atoms with E-state index in [1.807, 2.05) is 12.3 Å². The van der Waals surface area contributed by atoms with Crippen LogP contribution in [0.25, 0.3) is 20.8 Å². The van der Waals surface area contributed by atoms with Gasteiger partial charge in [0.05, 0.1) is 60.4 Å². The lowest BCUT2D eigenvalue weighted by atomic mass is 9.91. The standard InChI is InChI=1S/C40H52FN5O6S/c1-48-19-20-50-23-24-51-22-21-49-18-4-6-29-5-2-3-16-46(17-14-29)28-30-7-11-34(43-27-30)38-26-35-39(53-38)37(13-15-42-35)52-36-12-10-32(25-33(36)41)45-40(47)44-31-8-9-31/h7,10-13,15,25-27,29,31H,2-6,8-9,14,16-24,28H2,1H3,(H2,44,45,47). The van der Waals surface area contributed by atoms with Crippen molar-refractivity contribution in [2.45, 2.75) is 64.0 Å². The molecule has 1 unspecified atom stereocenters. The Kier molecular flexibility index (Phi) is 15.2. The van der Waals surface area contributed by atoms with Crippen LogP contribution in [-0.2, 0) is 25.5 Å². The molecule has 1 aliphatic carbocycles. The van der Waals surface area contributed by atoms with Gasteiger partial charge in [0.25, 0.3) is 0 Å². The van der Waals surface area contributed by atoms with Crippen molar-refractivity contribution < 1.29 is 32.9 Å². The molecule has 3 aromatic heterocycles. The fourth-order valence-corrected chi connectivity index (χ4v) is 7.44. The second-order valence-corrected chi connectivity index (χ2v) is 14.8. The van der Waals surface area contributed by atoms with E-state index in [0.29, 0.717) is 51.1 Å². The number of fused-ring (bicyclic) bond motifs is 1. The summed E-state index contributed by atoms with van der Waals surface area (Å²) >= 11 is 1.52. The number of thiophene rings is 1. The Morgan fingerprint density at radius 1 is 0.887 bits per heavy atom. The number of ether oxygens (including phenoxy) is 5. The van der Waals surface area contributed by atoms with Gasteiger partial charge in [0.1, 0.15) is 5.75 Å². The molecule has 1 saturated heterocycles. The molecule has 1 aliphatic heterocycles. The zero-order chi connectivity index (χ0) is 36.7. The lowest BCUT2D eigenvalue weighted by Gasteiger charge is -2.28. The van der Waals surface area contributed by atoms with Gasteiger partial charge < -0.3 is 34.3 Å². The molecular formula is C40H52FN5O6S. The molecule has 2 amide bonds. The van der Waals surface area contributed by atoms with E-state index >= 15 is 4.39 Å². The van der Waals surface area contributed by atoms with Crippen LogP contribution in [0.4, 0.5) is 14.9 Å². The predicted octanol–water partition coefficient (Wildman–Crippen LogP) is 8.04. The van der Waals surface area contributed by atoms with Gasteiger partial charge >= 0.3 is 6.03 Å². The second kappa shape index (κ2) is 20.7. The summed E-state index contributed by atoms with van der Waals surface area (Å²) in [7, 11) is 1.66. The molecule has 1 saturated carbocycles. The molecule has 0 radical (unpaired) electrons. The normalized spacial score (nSPS) is 16.7. The van der Waals surface area contributed by atoms with Crippen LogP contribution in [0.15, 0.2) is 54.9 Å². The first kappa shape index (κ1) is 39.0. The van der Waals surface area contributed by atoms with Crippen LogP contribution in [-0.4, -0.2) is 93.4 Å². The van der Waals surface area contributed by atoms with Gasteiger partial charge in [-0.2, -0.15) is 0 Å². The lowest BCUT2D eigenvalue weighted by molar-refractivity contribution is 0.00284. The third kappa shape index (κ3) is 12.7. The fraction of sp³-hybridized carbons (Fsp3) is 0.525. The Morgan fingerprint density at radius 2 is 1.70 bits per heavy atom. The molecule has 11 nitrogen and oxygen atoms in total. The molecule has 0 bridgehead atoms. The minimum atomic E-state index is -0.567. The number of amides is 2. The van der Waals surface area contributed by atoms with Crippen molar-refractivity contribution in [2.75, 3.05) is 71.8 Å². The largest absolute Gasteiger partial charge is 0.453 e. The van der Waals surface area contributed by atoms with Crippen molar-refractivity contribution in [3.63, 3.8) is 0 Å². The summed E-state index contributed by atoms with van der Waals surface area (Å²) in [5.74, 6) is 0.748. The number of pyridine rings is 2. The van der Waals surface area contributed by atoms with E-state index in [-0.39, 0.29) is 17.8 Å². The SMILES string of the molecule is COCCOCCOCCOCCCC1CCCCN(Cc2ccc(-c3cc4nccc(Oc5ccc(NC(=O)NC6CC6)cc5F)c4s3)nc2)CC1. The Balaban J connectivity index is 0.941. The Morgan fingerprint density at radius 3 is 2.45 bits per heavy atom. The van der Waals surface area contributed by atoms with E-state index in [9.17, 15) is 4.79 Å². The number of hydrogen-bond donors (Lipinski definition) is 2. The van der Waals surface area contributed by atoms with E-state index in [1.165, 1.54) is 61.1 Å². The molecule has 0 spiro atoms. The summed E-state index contributed by atoms with van der Waals surface area (Å²) < 4.78 is 43.6. The van der Waals surface area contributed by atoms with Crippen LogP contribution in [0.3, 0.4) is 0 Å². The number of benzene rings is 1. The second-order valence-electron chi connectivity index (χ2n) is 13.7. The van der Waals surface area contributed by atoms with Crippen molar-refractivity contribution in [1.29, 1.82) is 0 Å². The maximum atomic E-state index is 15.0. The molecule has 53 heavy (non-hydrogen) atoms. The van der Waals surface area contributed by atoms with E-state index < -0.39 is 5.82 Å². The van der Waals surface area contributed by atoms with Crippen LogP contribution < -0.4 is 15.4 Å². The minimum absolute atomic E-state index is 0.0707. The Hall–Kier alpha value is -3.72. The highest BCUT2D eigenvalue weighted by Crippen LogP contribution is 2.39. The molecule has 2 fully saturated rings. The maximum Gasteiger partial charge on any atom is 0.319 e. The molecule has 1 atom stereocenters. The maximum absolute atomic E-state index is 15.0. The number of methoxy groups -OCH3 is 1. The molecule has 4 heterocycles. The molecule has 1 aromatic carbocycles. The van der Waals surface area contributed by atoms with Crippen LogP contribution >= 0.6 is 11.3 Å². The number of nitrogens with one attached hydrogen (secondary N) is 2. The van der Waals surface area contributed by atoms with E-state index in [4.69, 9.17) is 28.7 Å². The highest BCUT2D eigenvalue weighted by atomic mass is 32.1. The number of likely N-dealkylation sites (tertiary alicyclic amines) is 1. The van der Waals surface area contributed by atoms with E-state index in [2.05, 4.69) is 32.7 Å². The summed E-state index contributed by atoms with van der Waals surface area (Å²) in [5, 5.41) is 5.51. The summed E-state index contributed by atoms with van der Waals surface area (Å²) in [5.41, 5.74) is 3.19. The molecule has 4 aromatic rings. The topological polar surface area (TPSA) is 116 Å². The average molecular weight is 750 g/mol. The molecule has 2 N–H and O–H groups in total. The number of nitrogens with zero attached hydrogens (tertiary/aromatic N) is 3. The third-order valence-corrected chi connectivity index (χ3v) is 10.6. The van der Waals surface area contributed by atoms with Crippen LogP contribution in [0.5, 0.6) is 11.5 Å². The van der Waals surface area contributed by atoms with E-state index in [1.54, 1.807) is 25.4 Å². The van der Waals surface area contributed by atoms with Crippen LogP contribution in [0, 0.1) is 11.7 Å². The number of halogens is 1. The first-order valence-electron chi connectivity index (χ1n) is 18.9. The zero-order valence-corrected chi connectivity index (χ0v) is 31.5. The van der Waals surface area contributed by atoms with Gasteiger partial charge in [0, 0.05) is 56.5 Å². The monoisotopic (exact) mass is 749 g/mol. The van der Waals surface area contributed by atoms with Crippen molar-refractivity contribution in [3.8, 4) is 22.1 Å². The minimum Gasteiger partial charge on any atom is -0.453 e. The quantitative estimate of drug-likeness (QED) is 0.0867. The molecule has 286 valence electrons. The lowest BCUT2D eigenvalue weighted by Crippen LogP contribution is -2.30. The fourth-order valence-electron chi connectivity index (χ4n) is 6.40. The first-order valence-corrected chi connectivity index (χ1v) is 19.7. The van der Waals surface area contributed by atoms with Gasteiger partial charge in [0.15, 0.2) is 11.6 Å². The number of urea groups is 1. The number of aromatic nitrogens is 2. The first-order chi connectivity index (χ1) is 26.0. The number of hydrogen-bond acceptors (Lipinski definition) is 10. The number of anilines is 1. The molecular weight excluding hydrogens is 698 g/mol. The summed E-state index contributed by atoms with van der Waals surface area (Å²) in [6.45, 7) is 7.45. The van der Waals surface area contributed by atoms with Gasteiger partial charge in [-0.1, -0.05) is 18.9 Å². The highest BCUT2D eigenvalue weighted by molar-refractivity contribution is 7.22. The Labute approximate surface area is 315 Å². The van der Waals surface area contributed by atoms with Gasteiger partial charge in [0.2, 0.25) is 0 Å².